The molecule has 0 atom stereocenters. The molecular weight excluding hydrogens is 397 g/mol. The number of hydrogen-bond donors (Lipinski definition) is 3. The van der Waals surface area contributed by atoms with Crippen molar-refractivity contribution in [2.75, 3.05) is 19.4 Å². The van der Waals surface area contributed by atoms with E-state index in [2.05, 4.69) is 15.6 Å². The topological polar surface area (TPSA) is 86.6 Å². The van der Waals surface area contributed by atoms with Crippen LogP contribution < -0.4 is 15.4 Å². The first-order valence-corrected chi connectivity index (χ1v) is 8.83. The summed E-state index contributed by atoms with van der Waals surface area (Å²) < 4.78 is 44.5. The van der Waals surface area contributed by atoms with Gasteiger partial charge in [-0.25, -0.2) is 0 Å². The molecule has 0 spiro atoms. The number of benzene rings is 2. The van der Waals surface area contributed by atoms with E-state index in [1.165, 1.54) is 13.1 Å². The van der Waals surface area contributed by atoms with Crippen LogP contribution >= 0.6 is 0 Å². The van der Waals surface area contributed by atoms with E-state index < -0.39 is 23.4 Å². The van der Waals surface area contributed by atoms with Crippen molar-refractivity contribution in [2.45, 2.75) is 13.1 Å². The Balaban J connectivity index is 2.25. The highest BCUT2D eigenvalue weighted by Crippen LogP contribution is 2.30. The molecule has 6 nitrogen and oxygen atoms in total. The van der Waals surface area contributed by atoms with Gasteiger partial charge in [-0.05, 0) is 48.9 Å². The lowest BCUT2D eigenvalue weighted by Gasteiger charge is -2.15. The summed E-state index contributed by atoms with van der Waals surface area (Å²) in [5.74, 6) is -0.381. The number of halogens is 3. The van der Waals surface area contributed by atoms with Crippen LogP contribution in [-0.2, 0) is 4.79 Å². The van der Waals surface area contributed by atoms with Gasteiger partial charge < -0.3 is 15.4 Å². The van der Waals surface area contributed by atoms with Crippen molar-refractivity contribution in [2.24, 2.45) is 4.99 Å². The van der Waals surface area contributed by atoms with Crippen LogP contribution in [-0.4, -0.2) is 37.6 Å². The zero-order valence-corrected chi connectivity index (χ0v) is 16.6. The lowest BCUT2D eigenvalue weighted by Crippen LogP contribution is -2.31. The average molecular weight is 418 g/mol. The highest BCUT2D eigenvalue weighted by molar-refractivity contribution is 6.26. The first-order valence-electron chi connectivity index (χ1n) is 8.83. The van der Waals surface area contributed by atoms with Crippen LogP contribution in [0.25, 0.3) is 0 Å². The molecule has 0 heterocycles. The molecule has 2 aromatic carbocycles. The normalized spacial score (nSPS) is 12.3. The summed E-state index contributed by atoms with van der Waals surface area (Å²) >= 11 is 0. The van der Waals surface area contributed by atoms with Crippen molar-refractivity contribution in [1.29, 1.82) is 5.41 Å². The summed E-state index contributed by atoms with van der Waals surface area (Å²) in [7, 11) is 3.02. The number of nitrogens with zero attached hydrogens (tertiary/aromatic N) is 1. The Labute approximate surface area is 172 Å². The lowest BCUT2D eigenvalue weighted by molar-refractivity contribution is -0.113. The highest BCUT2D eigenvalue weighted by Gasteiger charge is 2.39. The Kier molecular flexibility index (Phi) is 7.35. The molecule has 2 rings (SSSR count). The van der Waals surface area contributed by atoms with Crippen molar-refractivity contribution in [1.82, 2.24) is 5.32 Å². The van der Waals surface area contributed by atoms with Gasteiger partial charge in [-0.1, -0.05) is 12.1 Å². The van der Waals surface area contributed by atoms with E-state index in [0.717, 1.165) is 17.5 Å². The third kappa shape index (κ3) is 5.69. The molecule has 0 fully saturated rings. The van der Waals surface area contributed by atoms with Gasteiger partial charge in [-0.2, -0.15) is 13.2 Å². The van der Waals surface area contributed by atoms with Gasteiger partial charge in [0.1, 0.15) is 11.5 Å². The molecule has 9 heteroatoms. The maximum Gasteiger partial charge on any atom is 0.433 e. The Hall–Kier alpha value is -3.62. The van der Waals surface area contributed by atoms with Gasteiger partial charge in [-0.3, -0.25) is 15.2 Å². The monoisotopic (exact) mass is 418 g/mol. The van der Waals surface area contributed by atoms with Crippen LogP contribution in [0.1, 0.15) is 12.5 Å². The highest BCUT2D eigenvalue weighted by atomic mass is 19.4. The summed E-state index contributed by atoms with van der Waals surface area (Å²) in [6.07, 6.45) is -4.14. The summed E-state index contributed by atoms with van der Waals surface area (Å²) in [6.45, 7) is 1.87. The number of ether oxygens (including phenoxy) is 1. The van der Waals surface area contributed by atoms with Crippen LogP contribution in [0.15, 0.2) is 65.3 Å². The van der Waals surface area contributed by atoms with Gasteiger partial charge >= 0.3 is 6.18 Å². The second-order valence-electron chi connectivity index (χ2n) is 6.11. The van der Waals surface area contributed by atoms with E-state index in [4.69, 9.17) is 10.1 Å². The van der Waals surface area contributed by atoms with Crippen LogP contribution in [0.4, 0.5) is 18.9 Å². The number of alkyl halides is 3. The van der Waals surface area contributed by atoms with Gasteiger partial charge in [0.25, 0.3) is 5.91 Å². The SMILES string of the molecule is C/N=C(\C)c1ccc(Oc2ccccc2NC(=O)/C(=C/NC)C(=N)C(F)(F)F)cc1. The van der Waals surface area contributed by atoms with E-state index in [1.54, 1.807) is 37.4 Å². The second kappa shape index (κ2) is 9.73. The van der Waals surface area contributed by atoms with Gasteiger partial charge in [0, 0.05) is 26.0 Å². The number of anilines is 1. The number of amides is 1. The fourth-order valence-corrected chi connectivity index (χ4v) is 2.42. The molecule has 0 aliphatic rings. The van der Waals surface area contributed by atoms with Gasteiger partial charge in [0.05, 0.1) is 11.3 Å². The van der Waals surface area contributed by atoms with Crippen LogP contribution in [0.5, 0.6) is 11.5 Å². The predicted octanol–water partition coefficient (Wildman–Crippen LogP) is 4.54. The molecular formula is C21H21F3N4O2. The summed E-state index contributed by atoms with van der Waals surface area (Å²) in [6, 6.07) is 13.4. The zero-order chi connectivity index (χ0) is 22.3. The second-order valence-corrected chi connectivity index (χ2v) is 6.11. The zero-order valence-electron chi connectivity index (χ0n) is 16.6. The fourth-order valence-electron chi connectivity index (χ4n) is 2.42. The number of nitrogens with one attached hydrogen (secondary N) is 3. The summed E-state index contributed by atoms with van der Waals surface area (Å²) in [5.41, 5.74) is -0.672. The maximum atomic E-state index is 12.9. The molecule has 0 aliphatic heterocycles. The Morgan fingerprint density at radius 1 is 1.13 bits per heavy atom. The smallest absolute Gasteiger partial charge is 0.433 e. The summed E-state index contributed by atoms with van der Waals surface area (Å²) in [5, 5.41) is 12.0. The number of aliphatic imine (C=N–C) groups is 1. The molecule has 0 saturated heterocycles. The van der Waals surface area contributed by atoms with E-state index in [0.29, 0.717) is 5.75 Å². The molecule has 0 bridgehead atoms. The molecule has 3 N–H and O–H groups in total. The molecule has 0 aliphatic carbocycles. The third-order valence-corrected chi connectivity index (χ3v) is 4.06. The lowest BCUT2D eigenvalue weighted by atomic mass is 10.1. The van der Waals surface area contributed by atoms with Crippen molar-refractivity contribution >= 4 is 23.0 Å². The fraction of sp³-hybridized carbons (Fsp3) is 0.190. The Bertz CT molecular complexity index is 980. The number of para-hydroxylation sites is 2. The van der Waals surface area contributed by atoms with Crippen LogP contribution in [0, 0.1) is 5.41 Å². The molecule has 0 saturated carbocycles. The minimum absolute atomic E-state index is 0.162. The maximum absolute atomic E-state index is 12.9. The first-order chi connectivity index (χ1) is 14.2. The molecule has 158 valence electrons. The minimum atomic E-state index is -4.96. The molecule has 0 radical (unpaired) electrons. The Morgan fingerprint density at radius 3 is 2.33 bits per heavy atom. The standard InChI is InChI=1S/C21H21F3N4O2/c1-13(27-3)14-8-10-15(11-9-14)30-18-7-5-4-6-17(18)28-20(29)16(12-26-2)19(25)21(22,23)24/h4-12,25-26H,1-3H3,(H,28,29)/b16-12+,25-19?,27-13+. The minimum Gasteiger partial charge on any atom is -0.455 e. The van der Waals surface area contributed by atoms with E-state index >= 15 is 0 Å². The van der Waals surface area contributed by atoms with Crippen LogP contribution in [0.3, 0.4) is 0 Å². The number of carbonyl (C=O) groups is 1. The van der Waals surface area contributed by atoms with Crippen molar-refractivity contribution in [3.8, 4) is 11.5 Å². The number of carbonyl (C=O) groups excluding carboxylic acids is 1. The van der Waals surface area contributed by atoms with Crippen molar-refractivity contribution in [3.63, 3.8) is 0 Å². The van der Waals surface area contributed by atoms with E-state index in [9.17, 15) is 18.0 Å². The van der Waals surface area contributed by atoms with E-state index in [1.807, 2.05) is 19.1 Å². The first kappa shape index (κ1) is 22.7. The van der Waals surface area contributed by atoms with Gasteiger partial charge in [-0.15, -0.1) is 0 Å². The van der Waals surface area contributed by atoms with Gasteiger partial charge in [0.15, 0.2) is 5.75 Å². The third-order valence-electron chi connectivity index (χ3n) is 4.06. The molecule has 0 aromatic heterocycles. The molecule has 1 amide bonds. The van der Waals surface area contributed by atoms with E-state index in [-0.39, 0.29) is 11.4 Å². The number of rotatable bonds is 7. The summed E-state index contributed by atoms with van der Waals surface area (Å²) in [4.78, 5) is 16.5. The molecule has 0 unspecified atom stereocenters. The van der Waals surface area contributed by atoms with Crippen molar-refractivity contribution in [3.05, 3.63) is 65.9 Å². The quantitative estimate of drug-likeness (QED) is 0.456. The van der Waals surface area contributed by atoms with Crippen molar-refractivity contribution < 1.29 is 22.7 Å². The van der Waals surface area contributed by atoms with Gasteiger partial charge in [0.2, 0.25) is 0 Å². The largest absolute Gasteiger partial charge is 0.455 e. The predicted molar refractivity (Wildman–Crippen MR) is 111 cm³/mol. The Morgan fingerprint density at radius 2 is 1.77 bits per heavy atom. The average Bonchev–Trinajstić information content (AvgIpc) is 2.72. The molecule has 30 heavy (non-hydrogen) atoms. The number of hydrogen-bond acceptors (Lipinski definition) is 5. The molecule has 2 aromatic rings. The van der Waals surface area contributed by atoms with Crippen LogP contribution in [0.2, 0.25) is 0 Å².